The Morgan fingerprint density at radius 3 is 2.58 bits per heavy atom. The molecule has 31 heavy (non-hydrogen) atoms. The Morgan fingerprint density at radius 1 is 1.29 bits per heavy atom. The fraction of sp³-hybridized carbons (Fsp3) is 0.222. The summed E-state index contributed by atoms with van der Waals surface area (Å²) >= 11 is 3.41. The number of aryl methyl sites for hydroxylation is 2. The highest BCUT2D eigenvalue weighted by Crippen LogP contribution is 2.32. The molecule has 7 nitrogen and oxygen atoms in total. The molecular formula is C18H22B4BrFN4O3. The monoisotopic (exact) mass is 484 g/mol. The molecule has 1 heterocycles. The van der Waals surface area contributed by atoms with E-state index in [0.717, 1.165) is 10.0 Å². The molecule has 0 unspecified atom stereocenters. The molecule has 3 aromatic rings. The largest absolute Gasteiger partial charge is 0.406 e. The first-order chi connectivity index (χ1) is 14.3. The summed E-state index contributed by atoms with van der Waals surface area (Å²) in [6, 6.07) is 7.05. The fourth-order valence-electron chi connectivity index (χ4n) is 2.78. The summed E-state index contributed by atoms with van der Waals surface area (Å²) in [7, 11) is 8.15. The summed E-state index contributed by atoms with van der Waals surface area (Å²) in [4.78, 5) is 22.6. The van der Waals surface area contributed by atoms with Crippen molar-refractivity contribution in [3.05, 3.63) is 52.0 Å². The topological polar surface area (TPSA) is 88.4 Å². The Bertz CT molecular complexity index is 1170. The molecule has 0 aliphatic heterocycles. The molecular weight excluding hydrogens is 462 g/mol. The van der Waals surface area contributed by atoms with Crippen molar-refractivity contribution in [2.45, 2.75) is 17.7 Å². The first-order valence-corrected chi connectivity index (χ1v) is 10.5. The van der Waals surface area contributed by atoms with Crippen LogP contribution in [-0.2, 0) is 11.9 Å². The number of nitrogens with zero attached hydrogens (tertiary/aromatic N) is 2. The van der Waals surface area contributed by atoms with Gasteiger partial charge in [0.25, 0.3) is 5.91 Å². The Balaban J connectivity index is 2.05. The minimum Gasteiger partial charge on any atom is -0.406 e. The van der Waals surface area contributed by atoms with Crippen molar-refractivity contribution >= 4 is 75.6 Å². The number of nitrogens with one attached hydrogen (secondary N) is 2. The van der Waals surface area contributed by atoms with E-state index in [1.54, 1.807) is 55.1 Å². The molecule has 158 valence electrons. The number of fused-ring (bicyclic) bond motifs is 1. The number of imidazole rings is 1. The summed E-state index contributed by atoms with van der Waals surface area (Å²) in [5, 5.41) is 11.0. The average Bonchev–Trinajstić information content (AvgIpc) is 3.04. The van der Waals surface area contributed by atoms with Crippen molar-refractivity contribution in [1.29, 1.82) is 0 Å². The summed E-state index contributed by atoms with van der Waals surface area (Å²) < 4.78 is 18.0. The number of benzene rings is 2. The Hall–Kier alpha value is -2.23. The molecule has 3 N–H and O–H groups in total. The van der Waals surface area contributed by atoms with Gasteiger partial charge in [0.1, 0.15) is 36.9 Å². The summed E-state index contributed by atoms with van der Waals surface area (Å²) in [6.45, 7) is 1.87. The molecule has 1 amide bonds. The van der Waals surface area contributed by atoms with Crippen LogP contribution in [0.1, 0.15) is 15.9 Å². The maximum Gasteiger partial charge on any atom is 0.277 e. The quantitative estimate of drug-likeness (QED) is 0.309. The van der Waals surface area contributed by atoms with Gasteiger partial charge < -0.3 is 15.0 Å². The molecule has 0 saturated carbocycles. The number of halogens is 2. The Kier molecular flexibility index (Phi) is 6.32. The number of hydroxylamine groups is 1. The number of amides is 1. The molecule has 0 atom stereocenters. The van der Waals surface area contributed by atoms with Crippen LogP contribution in [0.2, 0.25) is 0 Å². The van der Waals surface area contributed by atoms with E-state index in [0.29, 0.717) is 11.2 Å². The maximum atomic E-state index is 15.5. The summed E-state index contributed by atoms with van der Waals surface area (Å²) in [5.41, 5.74) is 4.50. The zero-order valence-electron chi connectivity index (χ0n) is 18.3. The van der Waals surface area contributed by atoms with E-state index in [1.165, 1.54) is 6.33 Å². The molecule has 0 bridgehead atoms. The number of aliphatic hydroxyl groups is 1. The number of hydrogen-bond donors (Lipinski definition) is 3. The number of anilines is 2. The number of carbonyl (C=O) groups excluding carboxylic acids is 1. The van der Waals surface area contributed by atoms with Gasteiger partial charge >= 0.3 is 0 Å². The van der Waals surface area contributed by atoms with E-state index < -0.39 is 22.5 Å². The lowest BCUT2D eigenvalue weighted by molar-refractivity contribution is -0.0488. The number of rotatable bonds is 6. The van der Waals surface area contributed by atoms with Crippen molar-refractivity contribution in [2.75, 3.05) is 5.32 Å². The van der Waals surface area contributed by atoms with Gasteiger partial charge in [-0.3, -0.25) is 9.63 Å². The van der Waals surface area contributed by atoms with Crippen LogP contribution >= 0.6 is 15.9 Å². The van der Waals surface area contributed by atoms with Crippen molar-refractivity contribution in [1.82, 2.24) is 15.0 Å². The van der Waals surface area contributed by atoms with Crippen molar-refractivity contribution in [2.24, 2.45) is 7.05 Å². The number of carbonyl (C=O) groups is 1. The van der Waals surface area contributed by atoms with Crippen LogP contribution in [0.4, 0.5) is 15.8 Å². The second-order valence-corrected chi connectivity index (χ2v) is 9.44. The van der Waals surface area contributed by atoms with Gasteiger partial charge in [-0.1, -0.05) is 15.9 Å². The molecule has 0 fully saturated rings. The molecule has 0 spiro atoms. The van der Waals surface area contributed by atoms with Gasteiger partial charge in [0, 0.05) is 28.0 Å². The van der Waals surface area contributed by atoms with Gasteiger partial charge in [-0.05, 0) is 36.8 Å². The van der Waals surface area contributed by atoms with Crippen LogP contribution in [0.25, 0.3) is 11.0 Å². The van der Waals surface area contributed by atoms with Gasteiger partial charge in [0.2, 0.25) is 0 Å². The molecule has 0 aliphatic rings. The third-order valence-electron chi connectivity index (χ3n) is 5.53. The number of aromatic nitrogens is 2. The van der Waals surface area contributed by atoms with Crippen LogP contribution in [0.5, 0.6) is 0 Å². The third-order valence-corrected chi connectivity index (χ3v) is 6.02. The van der Waals surface area contributed by atoms with Crippen LogP contribution in [0, 0.1) is 12.7 Å². The van der Waals surface area contributed by atoms with Crippen molar-refractivity contribution in [3.8, 4) is 0 Å². The molecule has 0 aliphatic carbocycles. The highest BCUT2D eigenvalue weighted by molar-refractivity contribution is 9.10. The first-order valence-electron chi connectivity index (χ1n) is 9.69. The van der Waals surface area contributed by atoms with Crippen LogP contribution in [-0.4, -0.2) is 62.7 Å². The van der Waals surface area contributed by atoms with Crippen LogP contribution in [0.3, 0.4) is 0 Å². The second kappa shape index (κ2) is 8.37. The lowest BCUT2D eigenvalue weighted by atomic mass is 9.42. The zero-order chi connectivity index (χ0) is 23.1. The number of hydrogen-bond acceptors (Lipinski definition) is 5. The minimum absolute atomic E-state index is 0.0150. The van der Waals surface area contributed by atoms with Crippen molar-refractivity contribution in [3.63, 3.8) is 0 Å². The molecule has 1 aromatic heterocycles. The van der Waals surface area contributed by atoms with E-state index in [2.05, 4.69) is 31.7 Å². The molecule has 0 saturated heterocycles. The van der Waals surface area contributed by atoms with E-state index in [1.807, 2.05) is 19.1 Å². The lowest BCUT2D eigenvalue weighted by Crippen LogP contribution is -2.60. The highest BCUT2D eigenvalue weighted by atomic mass is 79.9. The predicted octanol–water partition coefficient (Wildman–Crippen LogP) is -0.979. The van der Waals surface area contributed by atoms with E-state index >= 15 is 4.39 Å². The van der Waals surface area contributed by atoms with Gasteiger partial charge in [-0.25, -0.2) is 14.9 Å². The highest BCUT2D eigenvalue weighted by Gasteiger charge is 2.37. The van der Waals surface area contributed by atoms with Crippen LogP contribution in [0.15, 0.2) is 35.1 Å². The Morgan fingerprint density at radius 2 is 1.97 bits per heavy atom. The standard InChI is InChI=1S/C18H22B4BrFN4O3/c1-8-5-9(23)3-4-11(8)26-14-10(6-12-15(13(14)24)25-7-28(12)2)16(29)27-31-18(21,22)17(19,20)30/h3-7,26,30H,19-22H2,1-2H3,(H,27,29). The first kappa shape index (κ1) is 23.4. The average molecular weight is 485 g/mol. The predicted molar refractivity (Wildman–Crippen MR) is 133 cm³/mol. The fourth-order valence-corrected chi connectivity index (χ4v) is 3.26. The van der Waals surface area contributed by atoms with Crippen molar-refractivity contribution < 1.29 is 19.1 Å². The van der Waals surface area contributed by atoms with E-state index in [4.69, 9.17) is 4.84 Å². The smallest absolute Gasteiger partial charge is 0.277 e. The second-order valence-electron chi connectivity index (χ2n) is 8.52. The maximum absolute atomic E-state index is 15.5. The molecule has 2 aromatic carbocycles. The van der Waals surface area contributed by atoms with Gasteiger partial charge in [0.05, 0.1) is 23.1 Å². The van der Waals surface area contributed by atoms with Gasteiger partial charge in [-0.2, -0.15) is 0 Å². The SMILES string of the molecule is BC(B)(O)C(B)(B)ONC(=O)c1cc2c(ncn2C)c(F)c1Nc1ccc(Br)cc1C. The normalized spacial score (nSPS) is 12.2. The van der Waals surface area contributed by atoms with E-state index in [-0.39, 0.29) is 16.8 Å². The molecule has 0 radical (unpaired) electrons. The summed E-state index contributed by atoms with van der Waals surface area (Å²) in [5.74, 6) is -1.30. The lowest BCUT2D eigenvalue weighted by Gasteiger charge is -2.37. The minimum atomic E-state index is -1.23. The van der Waals surface area contributed by atoms with Crippen LogP contribution < -0.4 is 10.8 Å². The molecule has 3 rings (SSSR count). The molecule has 13 heteroatoms. The Labute approximate surface area is 191 Å². The zero-order valence-corrected chi connectivity index (χ0v) is 19.9. The summed E-state index contributed by atoms with van der Waals surface area (Å²) in [6.07, 6.45) is 1.48. The van der Waals surface area contributed by atoms with Gasteiger partial charge in [0.15, 0.2) is 5.82 Å². The van der Waals surface area contributed by atoms with Gasteiger partial charge in [-0.15, -0.1) is 0 Å². The third kappa shape index (κ3) is 4.68. The van der Waals surface area contributed by atoms with E-state index in [9.17, 15) is 9.90 Å².